The van der Waals surface area contributed by atoms with Crippen LogP contribution in [0.4, 0.5) is 0 Å². The average Bonchev–Trinajstić information content (AvgIpc) is 2.77. The number of rotatable bonds is 3. The molecule has 2 rings (SSSR count). The lowest BCUT2D eigenvalue weighted by molar-refractivity contribution is -0.149. The van der Waals surface area contributed by atoms with Crippen molar-refractivity contribution in [3.63, 3.8) is 0 Å². The standard InChI is InChI=1S/C19H24O6/c1-11-6-5-7-15(10-23-13(3)20)9-17(24-14(4)21)18-12(2)19(22)25-16(18)8-11/h7-8,16-18H,2,5-6,9-10H2,1,3-4H3/b11-8+,15-7+/t16-,17-,18-/m0/s1. The quantitative estimate of drug-likeness (QED) is 0.338. The van der Waals surface area contributed by atoms with Gasteiger partial charge in [-0.2, -0.15) is 0 Å². The minimum atomic E-state index is -0.606. The van der Waals surface area contributed by atoms with E-state index in [1.807, 2.05) is 19.1 Å². The molecule has 6 nitrogen and oxygen atoms in total. The van der Waals surface area contributed by atoms with Crippen molar-refractivity contribution in [2.75, 3.05) is 6.61 Å². The molecule has 3 atom stereocenters. The molecule has 1 saturated heterocycles. The van der Waals surface area contributed by atoms with Gasteiger partial charge in [0, 0.05) is 25.8 Å². The Morgan fingerprint density at radius 1 is 1.32 bits per heavy atom. The second-order valence-electron chi connectivity index (χ2n) is 6.47. The number of carbonyl (C=O) groups excluding carboxylic acids is 3. The first kappa shape index (κ1) is 19.0. The summed E-state index contributed by atoms with van der Waals surface area (Å²) in [6.07, 6.45) is 4.71. The zero-order valence-electron chi connectivity index (χ0n) is 14.9. The largest absolute Gasteiger partial charge is 0.461 e. The molecule has 6 heteroatoms. The predicted octanol–water partition coefficient (Wildman–Crippen LogP) is 2.64. The van der Waals surface area contributed by atoms with E-state index in [4.69, 9.17) is 14.2 Å². The SMILES string of the molecule is C=C1C(=O)O[C@H]2/C=C(\C)CC/C=C(/COC(C)=O)C[C@H](OC(C)=O)[C@@H]12. The van der Waals surface area contributed by atoms with Crippen molar-refractivity contribution in [3.05, 3.63) is 35.5 Å². The predicted molar refractivity (Wildman–Crippen MR) is 90.4 cm³/mol. The second kappa shape index (κ2) is 8.14. The molecule has 1 aliphatic carbocycles. The van der Waals surface area contributed by atoms with Gasteiger partial charge in [0.25, 0.3) is 0 Å². The van der Waals surface area contributed by atoms with Crippen molar-refractivity contribution in [2.24, 2.45) is 5.92 Å². The Labute approximate surface area is 147 Å². The molecule has 25 heavy (non-hydrogen) atoms. The Morgan fingerprint density at radius 2 is 2.04 bits per heavy atom. The first-order valence-corrected chi connectivity index (χ1v) is 8.33. The highest BCUT2D eigenvalue weighted by Crippen LogP contribution is 2.36. The molecule has 1 fully saturated rings. The number of hydrogen-bond donors (Lipinski definition) is 0. The second-order valence-corrected chi connectivity index (χ2v) is 6.47. The van der Waals surface area contributed by atoms with Gasteiger partial charge in [-0.05, 0) is 31.4 Å². The van der Waals surface area contributed by atoms with Gasteiger partial charge in [0.2, 0.25) is 0 Å². The molecule has 0 spiro atoms. The molecule has 2 aliphatic rings. The highest BCUT2D eigenvalue weighted by Gasteiger charge is 2.44. The fourth-order valence-electron chi connectivity index (χ4n) is 3.16. The Bertz CT molecular complexity index is 642. The molecule has 0 aromatic rings. The molecular weight excluding hydrogens is 324 g/mol. The van der Waals surface area contributed by atoms with Crippen LogP contribution in [0.1, 0.15) is 40.0 Å². The minimum Gasteiger partial charge on any atom is -0.461 e. The molecule has 0 amide bonds. The van der Waals surface area contributed by atoms with Crippen LogP contribution >= 0.6 is 0 Å². The van der Waals surface area contributed by atoms with Crippen LogP contribution in [0.3, 0.4) is 0 Å². The van der Waals surface area contributed by atoms with E-state index in [0.717, 1.165) is 24.0 Å². The van der Waals surface area contributed by atoms with Gasteiger partial charge in [-0.15, -0.1) is 0 Å². The van der Waals surface area contributed by atoms with Crippen molar-refractivity contribution in [1.82, 2.24) is 0 Å². The lowest BCUT2D eigenvalue weighted by atomic mass is 9.85. The van der Waals surface area contributed by atoms with Gasteiger partial charge in [-0.25, -0.2) is 4.79 Å². The molecule has 0 bridgehead atoms. The molecule has 0 aromatic carbocycles. The van der Waals surface area contributed by atoms with E-state index in [1.165, 1.54) is 13.8 Å². The van der Waals surface area contributed by atoms with E-state index < -0.39 is 30.1 Å². The number of hydrogen-bond acceptors (Lipinski definition) is 6. The molecule has 0 unspecified atom stereocenters. The summed E-state index contributed by atoms with van der Waals surface area (Å²) < 4.78 is 16.0. The molecule has 136 valence electrons. The summed E-state index contributed by atoms with van der Waals surface area (Å²) in [6, 6.07) is 0. The zero-order chi connectivity index (χ0) is 18.6. The summed E-state index contributed by atoms with van der Waals surface area (Å²) in [5.41, 5.74) is 2.22. The van der Waals surface area contributed by atoms with E-state index >= 15 is 0 Å². The molecule has 0 saturated carbocycles. The Hall–Kier alpha value is -2.37. The van der Waals surface area contributed by atoms with E-state index in [-0.39, 0.29) is 12.6 Å². The van der Waals surface area contributed by atoms with Gasteiger partial charge in [0.05, 0.1) is 5.92 Å². The third-order valence-corrected chi connectivity index (χ3v) is 4.32. The summed E-state index contributed by atoms with van der Waals surface area (Å²) in [7, 11) is 0. The highest BCUT2D eigenvalue weighted by molar-refractivity contribution is 5.91. The summed E-state index contributed by atoms with van der Waals surface area (Å²) in [4.78, 5) is 34.7. The maximum Gasteiger partial charge on any atom is 0.334 e. The summed E-state index contributed by atoms with van der Waals surface area (Å²) in [5.74, 6) is -1.74. The van der Waals surface area contributed by atoms with Crippen LogP contribution in [0.2, 0.25) is 0 Å². The average molecular weight is 348 g/mol. The first-order valence-electron chi connectivity index (χ1n) is 8.33. The number of allylic oxidation sites excluding steroid dienone is 2. The highest BCUT2D eigenvalue weighted by atomic mass is 16.6. The van der Waals surface area contributed by atoms with Gasteiger partial charge in [0.15, 0.2) is 0 Å². The molecule has 1 heterocycles. The zero-order valence-corrected chi connectivity index (χ0v) is 14.9. The summed E-state index contributed by atoms with van der Waals surface area (Å²) in [5, 5.41) is 0. The first-order chi connectivity index (χ1) is 11.8. The van der Waals surface area contributed by atoms with Gasteiger partial charge < -0.3 is 14.2 Å². The van der Waals surface area contributed by atoms with Crippen LogP contribution in [0, 0.1) is 5.92 Å². The number of esters is 3. The van der Waals surface area contributed by atoms with Crippen molar-refractivity contribution in [2.45, 2.75) is 52.2 Å². The summed E-state index contributed by atoms with van der Waals surface area (Å²) >= 11 is 0. The van der Waals surface area contributed by atoms with Crippen molar-refractivity contribution in [1.29, 1.82) is 0 Å². The lowest BCUT2D eigenvalue weighted by Gasteiger charge is -2.27. The fraction of sp³-hybridized carbons (Fsp3) is 0.526. The van der Waals surface area contributed by atoms with E-state index in [1.54, 1.807) is 0 Å². The molecule has 1 aliphatic heterocycles. The smallest absolute Gasteiger partial charge is 0.334 e. The third kappa shape index (κ3) is 5.05. The Morgan fingerprint density at radius 3 is 2.68 bits per heavy atom. The maximum atomic E-state index is 12.0. The molecular formula is C19H24O6. The van der Waals surface area contributed by atoms with Crippen LogP contribution in [-0.2, 0) is 28.6 Å². The Balaban J connectivity index is 2.35. The number of ether oxygens (including phenoxy) is 3. The monoisotopic (exact) mass is 348 g/mol. The lowest BCUT2D eigenvalue weighted by Crippen LogP contribution is -2.33. The fourth-order valence-corrected chi connectivity index (χ4v) is 3.16. The van der Waals surface area contributed by atoms with Crippen LogP contribution in [0.5, 0.6) is 0 Å². The van der Waals surface area contributed by atoms with Gasteiger partial charge >= 0.3 is 17.9 Å². The molecule has 0 N–H and O–H groups in total. The minimum absolute atomic E-state index is 0.133. The maximum absolute atomic E-state index is 12.0. The number of carbonyl (C=O) groups is 3. The van der Waals surface area contributed by atoms with Crippen LogP contribution in [-0.4, -0.2) is 36.7 Å². The van der Waals surface area contributed by atoms with Crippen molar-refractivity contribution in [3.8, 4) is 0 Å². The van der Waals surface area contributed by atoms with Gasteiger partial charge in [0.1, 0.15) is 18.8 Å². The molecule has 0 radical (unpaired) electrons. The number of fused-ring (bicyclic) bond motifs is 1. The Kier molecular flexibility index (Phi) is 6.17. The van der Waals surface area contributed by atoms with Crippen LogP contribution < -0.4 is 0 Å². The van der Waals surface area contributed by atoms with Gasteiger partial charge in [-0.3, -0.25) is 9.59 Å². The van der Waals surface area contributed by atoms with Gasteiger partial charge in [-0.1, -0.05) is 18.2 Å². The third-order valence-electron chi connectivity index (χ3n) is 4.32. The van der Waals surface area contributed by atoms with Crippen molar-refractivity contribution >= 4 is 17.9 Å². The van der Waals surface area contributed by atoms with E-state index in [9.17, 15) is 14.4 Å². The summed E-state index contributed by atoms with van der Waals surface area (Å²) in [6.45, 7) is 8.60. The van der Waals surface area contributed by atoms with E-state index in [2.05, 4.69) is 6.58 Å². The van der Waals surface area contributed by atoms with E-state index in [0.29, 0.717) is 12.0 Å². The normalized spacial score (nSPS) is 30.9. The van der Waals surface area contributed by atoms with Crippen LogP contribution in [0.15, 0.2) is 35.5 Å². The van der Waals surface area contributed by atoms with Crippen LogP contribution in [0.25, 0.3) is 0 Å². The topological polar surface area (TPSA) is 78.9 Å². The van der Waals surface area contributed by atoms with Crippen molar-refractivity contribution < 1.29 is 28.6 Å². The molecule has 0 aromatic heterocycles.